The van der Waals surface area contributed by atoms with Crippen LogP contribution < -0.4 is 16.4 Å². The fraction of sp³-hybridized carbons (Fsp3) is 0.200. The Labute approximate surface area is 203 Å². The number of carbonyl (C=O) groups excluding carboxylic acids is 1. The molecular formula is C20H20ClN9O5. The summed E-state index contributed by atoms with van der Waals surface area (Å²) in [5.74, 6) is -2.51. The topological polar surface area (TPSA) is 211 Å². The summed E-state index contributed by atoms with van der Waals surface area (Å²) in [4.78, 5) is 43.1. The highest BCUT2D eigenvalue weighted by Gasteiger charge is 2.21. The number of aromatic nitrogens is 6. The Bertz CT molecular complexity index is 1390. The molecule has 0 aliphatic carbocycles. The Morgan fingerprint density at radius 1 is 1.06 bits per heavy atom. The van der Waals surface area contributed by atoms with Gasteiger partial charge in [-0.3, -0.25) is 9.59 Å². The number of nitrogens with one attached hydrogen (secondary N) is 2. The first-order valence-electron chi connectivity index (χ1n) is 10.0. The Hall–Kier alpha value is -4.59. The number of pyridine rings is 1. The number of carbonyl (C=O) groups is 3. The number of nitrogens with zero attached hydrogens (tertiary/aromatic N) is 6. The number of fused-ring (bicyclic) bond motifs is 2. The van der Waals surface area contributed by atoms with Gasteiger partial charge in [0.2, 0.25) is 0 Å². The van der Waals surface area contributed by atoms with Gasteiger partial charge in [-0.05, 0) is 53.2 Å². The maximum Gasteiger partial charge on any atom is 0.326 e. The van der Waals surface area contributed by atoms with Gasteiger partial charge in [-0.15, -0.1) is 12.4 Å². The van der Waals surface area contributed by atoms with Crippen LogP contribution in [0.15, 0.2) is 36.4 Å². The zero-order valence-corrected chi connectivity index (χ0v) is 18.8. The minimum atomic E-state index is -1.30. The van der Waals surface area contributed by atoms with Gasteiger partial charge in [-0.1, -0.05) is 5.10 Å². The smallest absolute Gasteiger partial charge is 0.326 e. The number of benzene rings is 1. The lowest BCUT2D eigenvalue weighted by molar-refractivity contribution is -0.140. The minimum absolute atomic E-state index is 0. The maximum absolute atomic E-state index is 12.3. The number of anilines is 2. The molecule has 3 heterocycles. The first kappa shape index (κ1) is 25.0. The molecule has 1 unspecified atom stereocenters. The molecule has 0 bridgehead atoms. The van der Waals surface area contributed by atoms with Crippen molar-refractivity contribution in [3.8, 4) is 0 Å². The number of hydrogen-bond acceptors (Lipinski definition) is 10. The number of tetrazole rings is 1. The number of aliphatic carboxylic acids is 2. The highest BCUT2D eigenvalue weighted by Crippen LogP contribution is 2.19. The number of carboxylic acid groups (broad SMARTS) is 2. The molecule has 1 atom stereocenters. The SMILES string of the molecule is Cl.Nc1c2nc(CNc3ccc(C(=O)NC(CCC(=O)O)C(=O)O)cc3)ccc2nc2nnnn12. The molecule has 0 radical (unpaired) electrons. The molecule has 0 fully saturated rings. The average Bonchev–Trinajstić information content (AvgIpc) is 3.29. The van der Waals surface area contributed by atoms with Crippen LogP contribution in [0, 0.1) is 0 Å². The van der Waals surface area contributed by atoms with E-state index in [2.05, 4.69) is 36.1 Å². The van der Waals surface area contributed by atoms with Crippen LogP contribution >= 0.6 is 12.4 Å². The monoisotopic (exact) mass is 501 g/mol. The molecule has 6 N–H and O–H groups in total. The van der Waals surface area contributed by atoms with Crippen molar-refractivity contribution in [1.82, 2.24) is 35.3 Å². The number of amides is 1. The largest absolute Gasteiger partial charge is 0.481 e. The molecule has 1 amide bonds. The molecular weight excluding hydrogens is 482 g/mol. The van der Waals surface area contributed by atoms with E-state index < -0.39 is 23.9 Å². The maximum atomic E-state index is 12.3. The van der Waals surface area contributed by atoms with E-state index >= 15 is 0 Å². The molecule has 0 aliphatic rings. The van der Waals surface area contributed by atoms with Gasteiger partial charge in [0.1, 0.15) is 11.6 Å². The summed E-state index contributed by atoms with van der Waals surface area (Å²) >= 11 is 0. The lowest BCUT2D eigenvalue weighted by Crippen LogP contribution is -2.41. The molecule has 35 heavy (non-hydrogen) atoms. The number of nitrogen functional groups attached to an aromatic ring is 1. The van der Waals surface area contributed by atoms with Crippen molar-refractivity contribution in [3.63, 3.8) is 0 Å². The predicted molar refractivity (Wildman–Crippen MR) is 125 cm³/mol. The summed E-state index contributed by atoms with van der Waals surface area (Å²) < 4.78 is 1.30. The molecule has 0 spiro atoms. The second-order valence-electron chi connectivity index (χ2n) is 7.29. The average molecular weight is 502 g/mol. The second-order valence-corrected chi connectivity index (χ2v) is 7.29. The van der Waals surface area contributed by atoms with E-state index in [1.165, 1.54) is 16.6 Å². The lowest BCUT2D eigenvalue weighted by atomic mass is 10.1. The van der Waals surface area contributed by atoms with Crippen LogP contribution in [0.4, 0.5) is 11.5 Å². The zero-order chi connectivity index (χ0) is 24.2. The highest BCUT2D eigenvalue weighted by atomic mass is 35.5. The van der Waals surface area contributed by atoms with Crippen LogP contribution in [0.25, 0.3) is 16.8 Å². The minimum Gasteiger partial charge on any atom is -0.481 e. The van der Waals surface area contributed by atoms with Crippen molar-refractivity contribution >= 4 is 58.6 Å². The fourth-order valence-corrected chi connectivity index (χ4v) is 3.18. The molecule has 0 saturated carbocycles. The first-order valence-corrected chi connectivity index (χ1v) is 10.0. The lowest BCUT2D eigenvalue weighted by Gasteiger charge is -2.14. The van der Waals surface area contributed by atoms with E-state index in [0.717, 1.165) is 0 Å². The van der Waals surface area contributed by atoms with Gasteiger partial charge in [-0.25, -0.2) is 14.8 Å². The summed E-state index contributed by atoms with van der Waals surface area (Å²) in [5.41, 5.74) is 8.73. The summed E-state index contributed by atoms with van der Waals surface area (Å²) in [6.45, 7) is 0.352. The van der Waals surface area contributed by atoms with Crippen molar-refractivity contribution < 1.29 is 24.6 Å². The van der Waals surface area contributed by atoms with Gasteiger partial charge in [0, 0.05) is 17.7 Å². The zero-order valence-electron chi connectivity index (χ0n) is 18.0. The van der Waals surface area contributed by atoms with Crippen molar-refractivity contribution in [2.45, 2.75) is 25.4 Å². The number of nitrogens with two attached hydrogens (primary N) is 1. The predicted octanol–water partition coefficient (Wildman–Crippen LogP) is 0.731. The van der Waals surface area contributed by atoms with Crippen molar-refractivity contribution in [2.24, 2.45) is 0 Å². The molecule has 14 nitrogen and oxygen atoms in total. The van der Waals surface area contributed by atoms with Crippen LogP contribution in [0.1, 0.15) is 28.9 Å². The van der Waals surface area contributed by atoms with Gasteiger partial charge in [0.05, 0.1) is 17.8 Å². The van der Waals surface area contributed by atoms with Gasteiger partial charge >= 0.3 is 11.9 Å². The number of halogens is 1. The molecule has 15 heteroatoms. The molecule has 4 aromatic rings. The third-order valence-corrected chi connectivity index (χ3v) is 4.95. The van der Waals surface area contributed by atoms with Crippen molar-refractivity contribution in [3.05, 3.63) is 47.7 Å². The Balaban J connectivity index is 0.00000342. The molecule has 0 aliphatic heterocycles. The van der Waals surface area contributed by atoms with Crippen LogP contribution in [0.3, 0.4) is 0 Å². The van der Waals surface area contributed by atoms with Gasteiger partial charge in [-0.2, -0.15) is 4.52 Å². The number of carboxylic acids is 2. The third kappa shape index (κ3) is 5.67. The summed E-state index contributed by atoms with van der Waals surface area (Å²) in [6, 6.07) is 8.62. The van der Waals surface area contributed by atoms with E-state index in [9.17, 15) is 19.5 Å². The quantitative estimate of drug-likeness (QED) is 0.215. The fourth-order valence-electron chi connectivity index (χ4n) is 3.18. The Morgan fingerprint density at radius 3 is 2.49 bits per heavy atom. The van der Waals surface area contributed by atoms with Crippen molar-refractivity contribution in [2.75, 3.05) is 11.1 Å². The molecule has 1 aromatic carbocycles. The molecule has 0 saturated heterocycles. The van der Waals surface area contributed by atoms with Gasteiger partial charge < -0.3 is 26.6 Å². The molecule has 3 aromatic heterocycles. The second kappa shape index (κ2) is 10.6. The summed E-state index contributed by atoms with van der Waals surface area (Å²) in [6.07, 6.45) is -0.584. The van der Waals surface area contributed by atoms with E-state index in [4.69, 9.17) is 10.8 Å². The number of hydrogen-bond donors (Lipinski definition) is 5. The highest BCUT2D eigenvalue weighted by molar-refractivity contribution is 5.97. The normalized spacial score (nSPS) is 11.5. The Kier molecular flexibility index (Phi) is 7.56. The van der Waals surface area contributed by atoms with E-state index in [1.54, 1.807) is 24.3 Å². The van der Waals surface area contributed by atoms with Crippen LogP contribution in [0.2, 0.25) is 0 Å². The van der Waals surface area contributed by atoms with Crippen LogP contribution in [-0.4, -0.2) is 64.1 Å². The first-order chi connectivity index (χ1) is 16.3. The van der Waals surface area contributed by atoms with E-state index in [0.29, 0.717) is 29.0 Å². The molecule has 182 valence electrons. The summed E-state index contributed by atoms with van der Waals surface area (Å²) in [5, 5.41) is 34.5. The van der Waals surface area contributed by atoms with Crippen LogP contribution in [0.5, 0.6) is 0 Å². The third-order valence-electron chi connectivity index (χ3n) is 4.95. The summed E-state index contributed by atoms with van der Waals surface area (Å²) in [7, 11) is 0. The molecule has 4 rings (SSSR count). The standard InChI is InChI=1S/C20H19N9O5.ClH/c21-17-16-13(25-20-26-27-28-29(17)20)6-5-12(23-16)9-22-11-3-1-10(2-4-11)18(32)24-14(19(33)34)7-8-15(30)31;/h1-6,14,22H,7-9,21H2,(H,24,32)(H,30,31)(H,33,34);1H. The number of rotatable bonds is 9. The van der Waals surface area contributed by atoms with Crippen molar-refractivity contribution in [1.29, 1.82) is 0 Å². The van der Waals surface area contributed by atoms with E-state index in [1.807, 2.05) is 0 Å². The van der Waals surface area contributed by atoms with Gasteiger partial charge in [0.15, 0.2) is 5.82 Å². The van der Waals surface area contributed by atoms with Crippen LogP contribution in [-0.2, 0) is 16.1 Å². The van der Waals surface area contributed by atoms with E-state index in [-0.39, 0.29) is 42.4 Å². The van der Waals surface area contributed by atoms with Gasteiger partial charge in [0.25, 0.3) is 11.7 Å². The Morgan fingerprint density at radius 2 is 1.80 bits per heavy atom.